The van der Waals surface area contributed by atoms with Gasteiger partial charge in [-0.2, -0.15) is 0 Å². The average molecular weight is 474 g/mol. The summed E-state index contributed by atoms with van der Waals surface area (Å²) in [4.78, 5) is 37.3. The lowest BCUT2D eigenvalue weighted by Gasteiger charge is -2.21. The van der Waals surface area contributed by atoms with Gasteiger partial charge >= 0.3 is 5.97 Å². The number of likely N-dealkylation sites (tertiary alicyclic amines) is 1. The number of hydrogen-bond donors (Lipinski definition) is 2. The molecule has 0 aliphatic carbocycles. The predicted octanol–water partition coefficient (Wildman–Crippen LogP) is 4.56. The number of hydrogen-bond acceptors (Lipinski definition) is 5. The van der Waals surface area contributed by atoms with Gasteiger partial charge in [0.25, 0.3) is 0 Å². The molecular weight excluding hydrogens is 451 g/mol. The summed E-state index contributed by atoms with van der Waals surface area (Å²) < 4.78 is 19.6. The van der Waals surface area contributed by atoms with Crippen LogP contribution in [0.5, 0.6) is 11.5 Å². The van der Waals surface area contributed by atoms with Crippen LogP contribution in [0.4, 0.5) is 4.39 Å². The number of carbonyl (C=O) groups is 2. The number of carbonyl (C=O) groups excluding carboxylic acids is 1. The molecule has 2 N–H and O–H groups in total. The number of carboxylic acid groups (broad SMARTS) is 1. The fourth-order valence-electron chi connectivity index (χ4n) is 4.29. The standard InChI is InChI=1S/C26H23FN4O4/c27-19-4-1-2-6-21(19)35-22-15-29-25-18(22)14-28-24(30-25)17-10-7-16(8-11-17)9-12-23(32)31-13-3-5-20(31)26(33)34/h1-2,4,6-8,10-11,14-15,20H,3,5,9,12-13H2,(H,33,34)(H,28,29,30)/t20-/m0/s1. The van der Waals surface area contributed by atoms with Crippen LogP contribution in [-0.2, 0) is 16.0 Å². The van der Waals surface area contributed by atoms with E-state index in [-0.39, 0.29) is 18.1 Å². The quantitative estimate of drug-likeness (QED) is 0.406. The molecule has 178 valence electrons. The summed E-state index contributed by atoms with van der Waals surface area (Å²) in [5.41, 5.74) is 2.34. The number of carboxylic acids is 1. The first-order valence-corrected chi connectivity index (χ1v) is 11.4. The molecule has 1 atom stereocenters. The van der Waals surface area contributed by atoms with Gasteiger partial charge in [-0.25, -0.2) is 19.2 Å². The van der Waals surface area contributed by atoms with Gasteiger partial charge < -0.3 is 19.7 Å². The Hall–Kier alpha value is -4.27. The fraction of sp³-hybridized carbons (Fsp3) is 0.231. The molecule has 0 radical (unpaired) electrons. The third-order valence-corrected chi connectivity index (χ3v) is 6.15. The van der Waals surface area contributed by atoms with Crippen LogP contribution in [0.25, 0.3) is 22.4 Å². The zero-order valence-electron chi connectivity index (χ0n) is 18.8. The minimum atomic E-state index is -0.940. The third-order valence-electron chi connectivity index (χ3n) is 6.15. The van der Waals surface area contributed by atoms with Crippen molar-refractivity contribution in [2.45, 2.75) is 31.7 Å². The van der Waals surface area contributed by atoms with Crippen LogP contribution in [0.15, 0.2) is 60.9 Å². The summed E-state index contributed by atoms with van der Waals surface area (Å²) in [6.45, 7) is 0.500. The Morgan fingerprint density at radius 3 is 2.71 bits per heavy atom. The first-order valence-electron chi connectivity index (χ1n) is 11.4. The molecule has 0 bridgehead atoms. The maximum Gasteiger partial charge on any atom is 0.326 e. The number of amides is 1. The van der Waals surface area contributed by atoms with E-state index in [1.807, 2.05) is 24.3 Å². The average Bonchev–Trinajstić information content (AvgIpc) is 3.52. The molecule has 35 heavy (non-hydrogen) atoms. The Morgan fingerprint density at radius 1 is 1.14 bits per heavy atom. The SMILES string of the molecule is O=C(O)[C@@H]1CCCN1C(=O)CCc1ccc(-c2ncc3c(Oc4ccccc4F)c[nH]c3n2)cc1. The lowest BCUT2D eigenvalue weighted by Crippen LogP contribution is -2.40. The smallest absolute Gasteiger partial charge is 0.326 e. The van der Waals surface area contributed by atoms with Gasteiger partial charge in [0.1, 0.15) is 11.7 Å². The van der Waals surface area contributed by atoms with Crippen LogP contribution >= 0.6 is 0 Å². The van der Waals surface area contributed by atoms with E-state index in [0.29, 0.717) is 42.0 Å². The van der Waals surface area contributed by atoms with Crippen molar-refractivity contribution in [3.63, 3.8) is 0 Å². The number of ether oxygens (including phenoxy) is 1. The Morgan fingerprint density at radius 2 is 1.94 bits per heavy atom. The number of halogens is 1. The first kappa shape index (κ1) is 22.5. The number of rotatable bonds is 7. The number of fused-ring (bicyclic) bond motifs is 1. The molecule has 1 fully saturated rings. The van der Waals surface area contributed by atoms with Crippen molar-refractivity contribution >= 4 is 22.9 Å². The Kier molecular flexibility index (Phi) is 6.13. The minimum absolute atomic E-state index is 0.120. The van der Waals surface area contributed by atoms with Crippen molar-refractivity contribution in [1.29, 1.82) is 0 Å². The van der Waals surface area contributed by atoms with Gasteiger partial charge in [0.2, 0.25) is 5.91 Å². The van der Waals surface area contributed by atoms with Gasteiger partial charge in [0.15, 0.2) is 23.1 Å². The molecule has 4 aromatic rings. The van der Waals surface area contributed by atoms with E-state index in [1.54, 1.807) is 30.6 Å². The van der Waals surface area contributed by atoms with Gasteiger partial charge in [0.05, 0.1) is 5.39 Å². The molecule has 8 nitrogen and oxygen atoms in total. The highest BCUT2D eigenvalue weighted by atomic mass is 19.1. The van der Waals surface area contributed by atoms with Crippen molar-refractivity contribution in [2.24, 2.45) is 0 Å². The van der Waals surface area contributed by atoms with Crippen molar-refractivity contribution in [1.82, 2.24) is 19.9 Å². The molecule has 2 aromatic heterocycles. The van der Waals surface area contributed by atoms with E-state index >= 15 is 0 Å². The van der Waals surface area contributed by atoms with Gasteiger partial charge in [-0.15, -0.1) is 0 Å². The lowest BCUT2D eigenvalue weighted by molar-refractivity contribution is -0.148. The second kappa shape index (κ2) is 9.54. The molecule has 1 amide bonds. The summed E-state index contributed by atoms with van der Waals surface area (Å²) in [5, 5.41) is 9.90. The summed E-state index contributed by atoms with van der Waals surface area (Å²) in [6.07, 6.45) is 5.27. The summed E-state index contributed by atoms with van der Waals surface area (Å²) in [7, 11) is 0. The van der Waals surface area contributed by atoms with Crippen molar-refractivity contribution in [3.8, 4) is 22.9 Å². The van der Waals surface area contributed by atoms with E-state index in [1.165, 1.54) is 11.0 Å². The van der Waals surface area contributed by atoms with E-state index in [0.717, 1.165) is 17.5 Å². The first-order chi connectivity index (χ1) is 17.0. The van der Waals surface area contributed by atoms with E-state index in [4.69, 9.17) is 4.74 Å². The summed E-state index contributed by atoms with van der Waals surface area (Å²) >= 11 is 0. The van der Waals surface area contributed by atoms with Crippen LogP contribution in [0.1, 0.15) is 24.8 Å². The maximum atomic E-state index is 13.9. The third kappa shape index (κ3) is 4.70. The zero-order chi connectivity index (χ0) is 24.4. The number of benzene rings is 2. The van der Waals surface area contributed by atoms with E-state index in [9.17, 15) is 19.1 Å². The van der Waals surface area contributed by atoms with Crippen LogP contribution in [0.2, 0.25) is 0 Å². The lowest BCUT2D eigenvalue weighted by atomic mass is 10.1. The van der Waals surface area contributed by atoms with Crippen LogP contribution in [0.3, 0.4) is 0 Å². The topological polar surface area (TPSA) is 108 Å². The highest BCUT2D eigenvalue weighted by Gasteiger charge is 2.33. The molecule has 3 heterocycles. The number of aromatic amines is 1. The molecule has 5 rings (SSSR count). The molecule has 0 unspecified atom stereocenters. The fourth-order valence-corrected chi connectivity index (χ4v) is 4.29. The molecule has 1 saturated heterocycles. The zero-order valence-corrected chi connectivity index (χ0v) is 18.8. The predicted molar refractivity (Wildman–Crippen MR) is 126 cm³/mol. The highest BCUT2D eigenvalue weighted by molar-refractivity contribution is 5.85. The van der Waals surface area contributed by atoms with Crippen molar-refractivity contribution in [3.05, 3.63) is 72.3 Å². The molecule has 2 aromatic carbocycles. The summed E-state index contributed by atoms with van der Waals surface area (Å²) in [5.74, 6) is -0.461. The Bertz CT molecular complexity index is 1390. The number of nitrogens with one attached hydrogen (secondary N) is 1. The molecule has 1 aliphatic rings. The minimum Gasteiger partial charge on any atom is -0.480 e. The Balaban J connectivity index is 1.25. The second-order valence-corrected chi connectivity index (χ2v) is 8.42. The highest BCUT2D eigenvalue weighted by Crippen LogP contribution is 2.31. The van der Waals surface area contributed by atoms with Gasteiger partial charge in [-0.05, 0) is 37.0 Å². The number of para-hydroxylation sites is 1. The van der Waals surface area contributed by atoms with E-state index < -0.39 is 17.8 Å². The number of nitrogens with zero attached hydrogens (tertiary/aromatic N) is 3. The van der Waals surface area contributed by atoms with Crippen LogP contribution in [-0.4, -0.2) is 49.4 Å². The molecule has 9 heteroatoms. The number of aliphatic carboxylic acids is 1. The Labute approximate surface area is 200 Å². The number of aromatic nitrogens is 3. The van der Waals surface area contributed by atoms with Gasteiger partial charge in [-0.1, -0.05) is 36.4 Å². The van der Waals surface area contributed by atoms with Crippen molar-refractivity contribution < 1.29 is 23.8 Å². The van der Waals surface area contributed by atoms with Gasteiger partial charge in [-0.3, -0.25) is 4.79 Å². The molecule has 0 saturated carbocycles. The maximum absolute atomic E-state index is 13.9. The normalized spacial score (nSPS) is 15.5. The molecular formula is C26H23FN4O4. The van der Waals surface area contributed by atoms with Crippen LogP contribution < -0.4 is 4.74 Å². The van der Waals surface area contributed by atoms with E-state index in [2.05, 4.69) is 15.0 Å². The van der Waals surface area contributed by atoms with Gasteiger partial charge in [0, 0.05) is 30.9 Å². The molecule has 0 spiro atoms. The largest absolute Gasteiger partial charge is 0.480 e. The monoisotopic (exact) mass is 474 g/mol. The second-order valence-electron chi connectivity index (χ2n) is 8.42. The number of aryl methyl sites for hydroxylation is 1. The molecule has 1 aliphatic heterocycles. The van der Waals surface area contributed by atoms with Crippen molar-refractivity contribution in [2.75, 3.05) is 6.54 Å². The number of H-pyrrole nitrogens is 1. The van der Waals surface area contributed by atoms with Crippen LogP contribution in [0, 0.1) is 5.82 Å². The summed E-state index contributed by atoms with van der Waals surface area (Å²) in [6, 6.07) is 13.1.